The van der Waals surface area contributed by atoms with Gasteiger partial charge in [-0.05, 0) is 32.3 Å². The van der Waals surface area contributed by atoms with E-state index in [1.807, 2.05) is 11.0 Å². The largest absolute Gasteiger partial charge is 0.341 e. The topological polar surface area (TPSA) is 61.0 Å². The summed E-state index contributed by atoms with van der Waals surface area (Å²) in [7, 11) is 0. The zero-order valence-electron chi connectivity index (χ0n) is 11.9. The predicted molar refractivity (Wildman–Crippen MR) is 74.9 cm³/mol. The van der Waals surface area contributed by atoms with Gasteiger partial charge in [-0.25, -0.2) is 0 Å². The molecule has 0 bridgehead atoms. The molecule has 2 unspecified atom stereocenters. The van der Waals surface area contributed by atoms with Crippen LogP contribution in [-0.4, -0.2) is 46.7 Å². The minimum absolute atomic E-state index is 0.213. The summed E-state index contributed by atoms with van der Waals surface area (Å²) < 4.78 is 0. The standard InChI is InChI=1S/C14H24N4O/c1-3-11(2)15-9-14(19)18-8-4-5-12(10-18)13-6-7-16-17-13/h6-7,11-12,15H,3-5,8-10H2,1-2H3,(H,16,17). The maximum absolute atomic E-state index is 12.2. The first-order chi connectivity index (χ1) is 9.20. The molecule has 5 nitrogen and oxygen atoms in total. The molecule has 1 aliphatic heterocycles. The van der Waals surface area contributed by atoms with Crippen molar-refractivity contribution in [1.29, 1.82) is 0 Å². The lowest BCUT2D eigenvalue weighted by Crippen LogP contribution is -2.44. The van der Waals surface area contributed by atoms with Gasteiger partial charge < -0.3 is 10.2 Å². The molecule has 1 fully saturated rings. The normalized spacial score (nSPS) is 21.4. The van der Waals surface area contributed by atoms with Gasteiger partial charge in [-0.1, -0.05) is 6.92 Å². The number of rotatable bonds is 5. The lowest BCUT2D eigenvalue weighted by atomic mass is 9.95. The van der Waals surface area contributed by atoms with Crippen molar-refractivity contribution < 1.29 is 4.79 Å². The molecule has 0 aromatic carbocycles. The number of likely N-dealkylation sites (tertiary alicyclic amines) is 1. The van der Waals surface area contributed by atoms with E-state index in [-0.39, 0.29) is 5.91 Å². The van der Waals surface area contributed by atoms with E-state index in [9.17, 15) is 4.79 Å². The molecule has 2 atom stereocenters. The number of nitrogens with zero attached hydrogens (tertiary/aromatic N) is 2. The van der Waals surface area contributed by atoms with Crippen LogP contribution in [0, 0.1) is 0 Å². The zero-order valence-corrected chi connectivity index (χ0v) is 11.9. The van der Waals surface area contributed by atoms with E-state index in [4.69, 9.17) is 0 Å². The number of carbonyl (C=O) groups excluding carboxylic acids is 1. The van der Waals surface area contributed by atoms with Crippen molar-refractivity contribution in [3.8, 4) is 0 Å². The Morgan fingerprint density at radius 1 is 1.68 bits per heavy atom. The molecule has 1 amide bonds. The molecule has 2 rings (SSSR count). The fraction of sp³-hybridized carbons (Fsp3) is 0.714. The molecular formula is C14H24N4O. The molecule has 2 N–H and O–H groups in total. The fourth-order valence-corrected chi connectivity index (χ4v) is 2.47. The number of H-pyrrole nitrogens is 1. The van der Waals surface area contributed by atoms with E-state index in [2.05, 4.69) is 29.4 Å². The average Bonchev–Trinajstić information content (AvgIpc) is 2.98. The first-order valence-corrected chi connectivity index (χ1v) is 7.21. The van der Waals surface area contributed by atoms with E-state index in [1.54, 1.807) is 6.20 Å². The van der Waals surface area contributed by atoms with Crippen molar-refractivity contribution in [2.45, 2.75) is 45.1 Å². The number of nitrogens with one attached hydrogen (secondary N) is 2. The Labute approximate surface area is 114 Å². The van der Waals surface area contributed by atoms with Gasteiger partial charge in [0.25, 0.3) is 0 Å². The summed E-state index contributed by atoms with van der Waals surface area (Å²) in [6.45, 7) is 6.37. The van der Waals surface area contributed by atoms with E-state index in [0.717, 1.165) is 38.0 Å². The van der Waals surface area contributed by atoms with Crippen molar-refractivity contribution >= 4 is 5.91 Å². The highest BCUT2D eigenvalue weighted by Crippen LogP contribution is 2.25. The van der Waals surface area contributed by atoms with E-state index in [0.29, 0.717) is 18.5 Å². The number of hydrogen-bond acceptors (Lipinski definition) is 3. The highest BCUT2D eigenvalue weighted by atomic mass is 16.2. The van der Waals surface area contributed by atoms with E-state index >= 15 is 0 Å². The minimum Gasteiger partial charge on any atom is -0.341 e. The molecule has 1 saturated heterocycles. The summed E-state index contributed by atoms with van der Waals surface area (Å²) >= 11 is 0. The highest BCUT2D eigenvalue weighted by molar-refractivity contribution is 5.78. The Bertz CT molecular complexity index is 390. The zero-order chi connectivity index (χ0) is 13.7. The van der Waals surface area contributed by atoms with Gasteiger partial charge in [-0.15, -0.1) is 0 Å². The number of piperidine rings is 1. The Hall–Kier alpha value is -1.36. The maximum atomic E-state index is 12.2. The van der Waals surface area contributed by atoms with Crippen molar-refractivity contribution in [3.63, 3.8) is 0 Å². The second-order valence-electron chi connectivity index (χ2n) is 5.38. The van der Waals surface area contributed by atoms with Gasteiger partial charge in [0.15, 0.2) is 0 Å². The fourth-order valence-electron chi connectivity index (χ4n) is 2.47. The SMILES string of the molecule is CCC(C)NCC(=O)N1CCCC(c2ccn[nH]2)C1. The lowest BCUT2D eigenvalue weighted by Gasteiger charge is -2.32. The molecule has 1 aromatic rings. The Morgan fingerprint density at radius 2 is 2.53 bits per heavy atom. The molecule has 0 saturated carbocycles. The van der Waals surface area contributed by atoms with E-state index < -0.39 is 0 Å². The van der Waals surface area contributed by atoms with Crippen LogP contribution in [0.3, 0.4) is 0 Å². The average molecular weight is 264 g/mol. The second-order valence-corrected chi connectivity index (χ2v) is 5.38. The van der Waals surface area contributed by atoms with Gasteiger partial charge in [0.1, 0.15) is 0 Å². The minimum atomic E-state index is 0.213. The molecule has 2 heterocycles. The van der Waals surface area contributed by atoms with Gasteiger partial charge in [-0.2, -0.15) is 5.10 Å². The molecule has 106 valence electrons. The van der Waals surface area contributed by atoms with Gasteiger partial charge in [0, 0.05) is 36.9 Å². The van der Waals surface area contributed by atoms with Gasteiger partial charge >= 0.3 is 0 Å². The second kappa shape index (κ2) is 6.70. The van der Waals surface area contributed by atoms with Crippen LogP contribution in [0.5, 0.6) is 0 Å². The van der Waals surface area contributed by atoms with Crippen LogP contribution in [0.1, 0.15) is 44.7 Å². The van der Waals surface area contributed by atoms with Gasteiger partial charge in [-0.3, -0.25) is 9.89 Å². The number of aromatic nitrogens is 2. The first kappa shape index (κ1) is 14.1. The summed E-state index contributed by atoms with van der Waals surface area (Å²) in [4.78, 5) is 14.1. The van der Waals surface area contributed by atoms with Crippen molar-refractivity contribution in [2.75, 3.05) is 19.6 Å². The molecule has 19 heavy (non-hydrogen) atoms. The monoisotopic (exact) mass is 264 g/mol. The summed E-state index contributed by atoms with van der Waals surface area (Å²) in [6, 6.07) is 2.41. The number of aromatic amines is 1. The van der Waals surface area contributed by atoms with Crippen LogP contribution in [0.4, 0.5) is 0 Å². The van der Waals surface area contributed by atoms with Gasteiger partial charge in [0.2, 0.25) is 5.91 Å². The third kappa shape index (κ3) is 3.80. The first-order valence-electron chi connectivity index (χ1n) is 7.21. The Morgan fingerprint density at radius 3 is 3.21 bits per heavy atom. The molecular weight excluding hydrogens is 240 g/mol. The quantitative estimate of drug-likeness (QED) is 0.847. The number of hydrogen-bond donors (Lipinski definition) is 2. The van der Waals surface area contributed by atoms with Gasteiger partial charge in [0.05, 0.1) is 6.54 Å². The number of amides is 1. The van der Waals surface area contributed by atoms with Crippen LogP contribution in [0.15, 0.2) is 12.3 Å². The maximum Gasteiger partial charge on any atom is 0.236 e. The highest BCUT2D eigenvalue weighted by Gasteiger charge is 2.25. The third-order valence-electron chi connectivity index (χ3n) is 3.95. The van der Waals surface area contributed by atoms with Crippen molar-refractivity contribution in [2.24, 2.45) is 0 Å². The van der Waals surface area contributed by atoms with Crippen LogP contribution in [-0.2, 0) is 4.79 Å². The molecule has 0 radical (unpaired) electrons. The lowest BCUT2D eigenvalue weighted by molar-refractivity contribution is -0.131. The van der Waals surface area contributed by atoms with Crippen molar-refractivity contribution in [1.82, 2.24) is 20.4 Å². The van der Waals surface area contributed by atoms with E-state index in [1.165, 1.54) is 0 Å². The van der Waals surface area contributed by atoms with Crippen LogP contribution >= 0.6 is 0 Å². The predicted octanol–water partition coefficient (Wildman–Crippen LogP) is 1.50. The summed E-state index contributed by atoms with van der Waals surface area (Å²) in [6.07, 6.45) is 5.02. The summed E-state index contributed by atoms with van der Waals surface area (Å²) in [5.41, 5.74) is 1.15. The number of carbonyl (C=O) groups is 1. The van der Waals surface area contributed by atoms with Crippen LogP contribution < -0.4 is 5.32 Å². The molecule has 1 aromatic heterocycles. The summed E-state index contributed by atoms with van der Waals surface area (Å²) in [5, 5.41) is 10.3. The molecule has 0 aliphatic carbocycles. The Kier molecular flexibility index (Phi) is 4.96. The Balaban J connectivity index is 1.85. The van der Waals surface area contributed by atoms with Crippen molar-refractivity contribution in [3.05, 3.63) is 18.0 Å². The molecule has 5 heteroatoms. The van der Waals surface area contributed by atoms with Crippen LogP contribution in [0.25, 0.3) is 0 Å². The molecule has 1 aliphatic rings. The molecule has 0 spiro atoms. The van der Waals surface area contributed by atoms with Crippen LogP contribution in [0.2, 0.25) is 0 Å². The smallest absolute Gasteiger partial charge is 0.236 e. The summed E-state index contributed by atoms with van der Waals surface area (Å²) in [5.74, 6) is 0.619. The third-order valence-corrected chi connectivity index (χ3v) is 3.95.